The van der Waals surface area contributed by atoms with Crippen molar-refractivity contribution < 1.29 is 15.3 Å². The van der Waals surface area contributed by atoms with Crippen molar-refractivity contribution in [3.63, 3.8) is 0 Å². The van der Waals surface area contributed by atoms with Crippen LogP contribution < -0.4 is 0 Å². The number of benzene rings is 1. The van der Waals surface area contributed by atoms with Gasteiger partial charge in [-0.25, -0.2) is 0 Å². The highest BCUT2D eigenvalue weighted by Crippen LogP contribution is 2.45. The number of allylic oxidation sites excluding steroid dienone is 3. The first-order chi connectivity index (χ1) is 9.33. The van der Waals surface area contributed by atoms with Crippen LogP contribution in [-0.2, 0) is 5.41 Å². The molecule has 0 aliphatic heterocycles. The fourth-order valence-corrected chi connectivity index (χ4v) is 3.17. The third-order valence-electron chi connectivity index (χ3n) is 3.99. The van der Waals surface area contributed by atoms with Gasteiger partial charge >= 0.3 is 0 Å². The Morgan fingerprint density at radius 2 is 1.90 bits per heavy atom. The van der Waals surface area contributed by atoms with Crippen LogP contribution in [0.5, 0.6) is 11.5 Å². The standard InChI is InChI=1S/C17H22O3/c1-11(2)10-17(3,12-4-5-13(18)8-12)15-7-6-14(19)9-16(15)20/h4-9,11-12,18-20H,10H2,1-3H3. The van der Waals surface area contributed by atoms with Gasteiger partial charge in [0.25, 0.3) is 0 Å². The van der Waals surface area contributed by atoms with Crippen molar-refractivity contribution in [3.05, 3.63) is 47.7 Å². The average Bonchev–Trinajstić information content (AvgIpc) is 2.75. The van der Waals surface area contributed by atoms with Crippen molar-refractivity contribution in [2.45, 2.75) is 32.6 Å². The summed E-state index contributed by atoms with van der Waals surface area (Å²) in [5, 5.41) is 29.3. The molecule has 3 nitrogen and oxygen atoms in total. The highest BCUT2D eigenvalue weighted by Gasteiger charge is 2.37. The predicted molar refractivity (Wildman–Crippen MR) is 79.9 cm³/mol. The monoisotopic (exact) mass is 274 g/mol. The van der Waals surface area contributed by atoms with E-state index < -0.39 is 0 Å². The lowest BCUT2D eigenvalue weighted by Gasteiger charge is -2.36. The molecule has 108 valence electrons. The van der Waals surface area contributed by atoms with E-state index in [0.29, 0.717) is 5.92 Å². The highest BCUT2D eigenvalue weighted by molar-refractivity contribution is 5.46. The molecule has 3 heteroatoms. The molecule has 0 fully saturated rings. The number of aliphatic hydroxyl groups excluding tert-OH is 1. The first-order valence-corrected chi connectivity index (χ1v) is 6.94. The van der Waals surface area contributed by atoms with Gasteiger partial charge in [-0.15, -0.1) is 0 Å². The summed E-state index contributed by atoms with van der Waals surface area (Å²) >= 11 is 0. The zero-order valence-electron chi connectivity index (χ0n) is 12.2. The van der Waals surface area contributed by atoms with Gasteiger partial charge < -0.3 is 15.3 Å². The van der Waals surface area contributed by atoms with Gasteiger partial charge in [-0.05, 0) is 30.6 Å². The molecular formula is C17H22O3. The van der Waals surface area contributed by atoms with E-state index in [1.165, 1.54) is 6.07 Å². The van der Waals surface area contributed by atoms with E-state index in [4.69, 9.17) is 0 Å². The first kappa shape index (κ1) is 14.5. The molecule has 0 aromatic heterocycles. The second kappa shape index (κ2) is 5.23. The lowest BCUT2D eigenvalue weighted by Crippen LogP contribution is -2.31. The summed E-state index contributed by atoms with van der Waals surface area (Å²) in [6.45, 7) is 6.36. The largest absolute Gasteiger partial charge is 0.508 e. The van der Waals surface area contributed by atoms with Gasteiger partial charge in [0.05, 0.1) is 0 Å². The highest BCUT2D eigenvalue weighted by atomic mass is 16.3. The van der Waals surface area contributed by atoms with Crippen LogP contribution >= 0.6 is 0 Å². The van der Waals surface area contributed by atoms with Crippen LogP contribution in [0.1, 0.15) is 32.8 Å². The molecule has 0 spiro atoms. The third kappa shape index (κ3) is 2.67. The molecular weight excluding hydrogens is 252 g/mol. The minimum absolute atomic E-state index is 0.0281. The summed E-state index contributed by atoms with van der Waals surface area (Å²) in [5.41, 5.74) is 0.469. The average molecular weight is 274 g/mol. The zero-order valence-corrected chi connectivity index (χ0v) is 12.2. The number of phenolic OH excluding ortho intramolecular Hbond substituents is 2. The van der Waals surface area contributed by atoms with Crippen LogP contribution in [-0.4, -0.2) is 15.3 Å². The van der Waals surface area contributed by atoms with E-state index in [-0.39, 0.29) is 28.6 Å². The zero-order chi connectivity index (χ0) is 14.9. The fraction of sp³-hybridized carbons (Fsp3) is 0.412. The summed E-state index contributed by atoms with van der Waals surface area (Å²) < 4.78 is 0. The Morgan fingerprint density at radius 3 is 2.40 bits per heavy atom. The summed E-state index contributed by atoms with van der Waals surface area (Å²) in [6.07, 6.45) is 6.34. The molecule has 0 heterocycles. The van der Waals surface area contributed by atoms with Gasteiger partial charge in [0.15, 0.2) is 0 Å². The van der Waals surface area contributed by atoms with Crippen molar-refractivity contribution >= 4 is 0 Å². The maximum Gasteiger partial charge on any atom is 0.123 e. The maximum absolute atomic E-state index is 10.2. The Kier molecular flexibility index (Phi) is 3.80. The number of hydrogen-bond donors (Lipinski definition) is 3. The fourth-order valence-electron chi connectivity index (χ4n) is 3.17. The molecule has 0 bridgehead atoms. The van der Waals surface area contributed by atoms with E-state index in [1.54, 1.807) is 18.2 Å². The van der Waals surface area contributed by atoms with Crippen molar-refractivity contribution in [2.24, 2.45) is 11.8 Å². The molecule has 2 rings (SSSR count). The SMILES string of the molecule is CC(C)CC(C)(c1ccc(O)cc1O)C1C=CC(O)=C1. The summed E-state index contributed by atoms with van der Waals surface area (Å²) in [7, 11) is 0. The molecule has 0 saturated heterocycles. The molecule has 1 aromatic rings. The topological polar surface area (TPSA) is 60.7 Å². The quantitative estimate of drug-likeness (QED) is 0.777. The number of aliphatic hydroxyl groups is 1. The Bertz CT molecular complexity index is 557. The van der Waals surface area contributed by atoms with E-state index in [2.05, 4.69) is 20.8 Å². The van der Waals surface area contributed by atoms with Crippen LogP contribution in [0.2, 0.25) is 0 Å². The lowest BCUT2D eigenvalue weighted by atomic mass is 9.67. The number of phenols is 2. The van der Waals surface area contributed by atoms with Crippen molar-refractivity contribution in [1.29, 1.82) is 0 Å². The van der Waals surface area contributed by atoms with Crippen LogP contribution in [0.4, 0.5) is 0 Å². The molecule has 0 amide bonds. The normalized spacial score (nSPS) is 21.0. The van der Waals surface area contributed by atoms with Crippen molar-refractivity contribution in [1.82, 2.24) is 0 Å². The number of hydrogen-bond acceptors (Lipinski definition) is 3. The van der Waals surface area contributed by atoms with Crippen LogP contribution in [0.15, 0.2) is 42.2 Å². The van der Waals surface area contributed by atoms with E-state index in [1.807, 2.05) is 12.2 Å². The first-order valence-electron chi connectivity index (χ1n) is 6.94. The Labute approximate surface area is 119 Å². The number of aromatic hydroxyl groups is 2. The van der Waals surface area contributed by atoms with Crippen LogP contribution in [0.25, 0.3) is 0 Å². The summed E-state index contributed by atoms with van der Waals surface area (Å²) in [6, 6.07) is 4.73. The minimum atomic E-state index is -0.326. The number of rotatable bonds is 4. The van der Waals surface area contributed by atoms with Gasteiger partial charge in [-0.2, -0.15) is 0 Å². The molecule has 1 aromatic carbocycles. The Hall–Kier alpha value is -1.90. The molecule has 1 aliphatic carbocycles. The van der Waals surface area contributed by atoms with Gasteiger partial charge in [-0.3, -0.25) is 0 Å². The van der Waals surface area contributed by atoms with Crippen molar-refractivity contribution in [3.8, 4) is 11.5 Å². The molecule has 20 heavy (non-hydrogen) atoms. The Morgan fingerprint density at radius 1 is 1.20 bits per heavy atom. The lowest BCUT2D eigenvalue weighted by molar-refractivity contribution is 0.306. The van der Waals surface area contributed by atoms with E-state index in [0.717, 1.165) is 12.0 Å². The summed E-state index contributed by atoms with van der Waals surface area (Å²) in [5.74, 6) is 0.890. The summed E-state index contributed by atoms with van der Waals surface area (Å²) in [4.78, 5) is 0. The van der Waals surface area contributed by atoms with Gasteiger partial charge in [-0.1, -0.05) is 32.9 Å². The van der Waals surface area contributed by atoms with Crippen LogP contribution in [0, 0.1) is 11.8 Å². The van der Waals surface area contributed by atoms with E-state index >= 15 is 0 Å². The van der Waals surface area contributed by atoms with Gasteiger partial charge in [0, 0.05) is 23.0 Å². The van der Waals surface area contributed by atoms with Crippen LogP contribution in [0.3, 0.4) is 0 Å². The van der Waals surface area contributed by atoms with E-state index in [9.17, 15) is 15.3 Å². The van der Waals surface area contributed by atoms with Gasteiger partial charge in [0.2, 0.25) is 0 Å². The third-order valence-corrected chi connectivity index (χ3v) is 3.99. The molecule has 0 saturated carbocycles. The molecule has 1 aliphatic rings. The smallest absolute Gasteiger partial charge is 0.123 e. The van der Waals surface area contributed by atoms with Crippen molar-refractivity contribution in [2.75, 3.05) is 0 Å². The molecule has 0 radical (unpaired) electrons. The molecule has 3 N–H and O–H groups in total. The molecule has 2 unspecified atom stereocenters. The minimum Gasteiger partial charge on any atom is -0.508 e. The molecule has 2 atom stereocenters. The Balaban J connectivity index is 2.49. The predicted octanol–water partition coefficient (Wildman–Crippen LogP) is 4.03. The maximum atomic E-state index is 10.2. The van der Waals surface area contributed by atoms with Gasteiger partial charge in [0.1, 0.15) is 17.3 Å². The second-order valence-electron chi connectivity index (χ2n) is 6.19. The second-order valence-corrected chi connectivity index (χ2v) is 6.19.